The minimum Gasteiger partial charge on any atom is -0.480 e. The van der Waals surface area contributed by atoms with E-state index in [9.17, 15) is 19.5 Å². The Kier molecular flexibility index (Phi) is 7.50. The maximum Gasteiger partial charge on any atom is 1.00 e. The van der Waals surface area contributed by atoms with E-state index in [1.54, 1.807) is 19.9 Å². The molecule has 2 aliphatic heterocycles. The van der Waals surface area contributed by atoms with Gasteiger partial charge in [0.05, 0.1) is 5.75 Å². The van der Waals surface area contributed by atoms with Gasteiger partial charge in [-0.15, -0.1) is 30.1 Å². The number of fused-ring (bicyclic) bond motifs is 1. The summed E-state index contributed by atoms with van der Waals surface area (Å²) in [6.45, 7) is 7.18. The first kappa shape index (κ1) is 20.5. The Labute approximate surface area is 180 Å². The molecule has 6 nitrogen and oxygen atoms in total. The van der Waals surface area contributed by atoms with Crippen molar-refractivity contribution in [1.29, 1.82) is 0 Å². The number of aliphatic carboxylic acids is 1. The summed E-state index contributed by atoms with van der Waals surface area (Å²) in [6.07, 6.45) is 1.71. The molecule has 1 unspecified atom stereocenters. The van der Waals surface area contributed by atoms with E-state index in [1.807, 2.05) is 0 Å². The molecule has 2 N–H and O–H groups in total. The summed E-state index contributed by atoms with van der Waals surface area (Å²) in [5.41, 5.74) is 0. The molecular weight excluding hydrogens is 351 g/mol. The van der Waals surface area contributed by atoms with Crippen LogP contribution in [0.1, 0.15) is 13.8 Å². The van der Waals surface area contributed by atoms with Crippen molar-refractivity contribution >= 4 is 41.3 Å². The molecule has 2 rings (SSSR count). The molecule has 0 aromatic rings. The zero-order valence-corrected chi connectivity index (χ0v) is 17.6. The Morgan fingerprint density at radius 1 is 1.55 bits per heavy atom. The van der Waals surface area contributed by atoms with E-state index < -0.39 is 22.8 Å². The van der Waals surface area contributed by atoms with Crippen LogP contribution in [0.15, 0.2) is 12.7 Å². The fourth-order valence-corrected chi connectivity index (χ4v) is 4.77. The molecule has 22 heavy (non-hydrogen) atoms. The monoisotopic (exact) mass is 369 g/mol. The third-order valence-corrected chi connectivity index (χ3v) is 5.97. The topological polar surface area (TPSA) is 86.7 Å². The standard InChI is InChI=1S/C13H18N2O4S2.K/c1-4-5-20-6-7(16)14-8-10(17)15-9(12(18)19)13(2,3)21-11(8)15;/h4,8-9,11H,1,5-6H2,2-3H3,(H,14,16)(H,18,19);/q;+1/t8-,9+,11?;/m1./s1. The molecule has 0 bridgehead atoms. The van der Waals surface area contributed by atoms with E-state index in [0.717, 1.165) is 0 Å². The molecule has 0 aromatic carbocycles. The predicted octanol–water partition coefficient (Wildman–Crippen LogP) is -2.46. The molecular formula is C13H18KN2O4S2+. The van der Waals surface area contributed by atoms with Gasteiger partial charge in [-0.3, -0.25) is 9.59 Å². The van der Waals surface area contributed by atoms with Crippen molar-refractivity contribution in [2.45, 2.75) is 36.1 Å². The first-order chi connectivity index (χ1) is 9.79. The van der Waals surface area contributed by atoms with E-state index in [2.05, 4.69) is 11.9 Å². The number of thioether (sulfide) groups is 2. The number of amides is 2. The molecule has 2 aliphatic rings. The van der Waals surface area contributed by atoms with Crippen LogP contribution in [0.25, 0.3) is 0 Å². The Bertz CT molecular complexity index is 500. The number of carbonyl (C=O) groups is 3. The first-order valence-electron chi connectivity index (χ1n) is 6.50. The van der Waals surface area contributed by atoms with Crippen LogP contribution < -0.4 is 56.7 Å². The molecule has 9 heteroatoms. The third kappa shape index (κ3) is 3.93. The van der Waals surface area contributed by atoms with Gasteiger partial charge >= 0.3 is 57.4 Å². The first-order valence-corrected chi connectivity index (χ1v) is 8.54. The number of carboxylic acids is 1. The summed E-state index contributed by atoms with van der Waals surface area (Å²) in [5, 5.41) is 11.7. The maximum absolute atomic E-state index is 12.1. The van der Waals surface area contributed by atoms with Crippen LogP contribution in [0.5, 0.6) is 0 Å². The normalized spacial score (nSPS) is 28.2. The van der Waals surface area contributed by atoms with Gasteiger partial charge in [-0.05, 0) is 13.8 Å². The van der Waals surface area contributed by atoms with Crippen molar-refractivity contribution in [3.8, 4) is 0 Å². The van der Waals surface area contributed by atoms with Crippen molar-refractivity contribution in [1.82, 2.24) is 10.2 Å². The van der Waals surface area contributed by atoms with Crippen LogP contribution in [0.4, 0.5) is 0 Å². The maximum atomic E-state index is 12.1. The van der Waals surface area contributed by atoms with Crippen LogP contribution >= 0.6 is 23.5 Å². The van der Waals surface area contributed by atoms with Crippen molar-refractivity contribution in [3.05, 3.63) is 12.7 Å². The summed E-state index contributed by atoms with van der Waals surface area (Å²) < 4.78 is -0.566. The van der Waals surface area contributed by atoms with E-state index >= 15 is 0 Å². The van der Waals surface area contributed by atoms with Gasteiger partial charge in [0.2, 0.25) is 11.8 Å². The molecule has 2 saturated heterocycles. The zero-order valence-electron chi connectivity index (χ0n) is 12.9. The largest absolute Gasteiger partial charge is 1.00 e. The Balaban J connectivity index is 0.00000242. The Hall–Kier alpha value is 0.486. The van der Waals surface area contributed by atoms with E-state index in [0.29, 0.717) is 5.75 Å². The second kappa shape index (κ2) is 8.04. The fraction of sp³-hybridized carbons (Fsp3) is 0.615. The second-order valence-electron chi connectivity index (χ2n) is 5.45. The smallest absolute Gasteiger partial charge is 0.480 e. The van der Waals surface area contributed by atoms with Crippen molar-refractivity contribution in [2.75, 3.05) is 11.5 Å². The van der Waals surface area contributed by atoms with Crippen LogP contribution in [0, 0.1) is 0 Å². The number of hydrogen-bond donors (Lipinski definition) is 2. The second-order valence-corrected chi connectivity index (χ2v) is 8.25. The SMILES string of the molecule is C=CCSCC(=O)N[C@@H]1C(=O)N2C1SC(C)(C)[C@@H]2C(=O)O.[K+]. The van der Waals surface area contributed by atoms with Gasteiger partial charge in [0.15, 0.2) is 0 Å². The Morgan fingerprint density at radius 3 is 2.73 bits per heavy atom. The van der Waals surface area contributed by atoms with Crippen molar-refractivity contribution in [3.63, 3.8) is 0 Å². The molecule has 0 aromatic heterocycles. The molecule has 3 atom stereocenters. The van der Waals surface area contributed by atoms with Gasteiger partial charge in [-0.1, -0.05) is 6.08 Å². The summed E-state index contributed by atoms with van der Waals surface area (Å²) in [6, 6.07) is -1.46. The minimum absolute atomic E-state index is 0. The minimum atomic E-state index is -1.00. The fourth-order valence-electron chi connectivity index (χ4n) is 2.60. The average molecular weight is 370 g/mol. The van der Waals surface area contributed by atoms with Gasteiger partial charge in [-0.2, -0.15) is 0 Å². The molecule has 2 heterocycles. The van der Waals surface area contributed by atoms with Crippen LogP contribution in [-0.4, -0.2) is 61.5 Å². The molecule has 0 spiro atoms. The average Bonchev–Trinajstić information content (AvgIpc) is 2.65. The summed E-state index contributed by atoms with van der Waals surface area (Å²) in [4.78, 5) is 36.6. The molecule has 0 radical (unpaired) electrons. The Morgan fingerprint density at radius 2 is 2.18 bits per heavy atom. The van der Waals surface area contributed by atoms with Crippen LogP contribution in [0.2, 0.25) is 0 Å². The number of carbonyl (C=O) groups excluding carboxylic acids is 2. The summed E-state index contributed by atoms with van der Waals surface area (Å²) >= 11 is 2.84. The number of nitrogens with one attached hydrogen (secondary N) is 1. The van der Waals surface area contributed by atoms with Gasteiger partial charge in [0.25, 0.3) is 0 Å². The van der Waals surface area contributed by atoms with Crippen molar-refractivity contribution < 1.29 is 70.9 Å². The summed E-state index contributed by atoms with van der Waals surface area (Å²) in [5.74, 6) is -0.595. The van der Waals surface area contributed by atoms with Gasteiger partial charge < -0.3 is 15.3 Å². The van der Waals surface area contributed by atoms with E-state index in [1.165, 1.54) is 28.4 Å². The molecule has 116 valence electrons. The van der Waals surface area contributed by atoms with Gasteiger partial charge in [-0.25, -0.2) is 4.79 Å². The van der Waals surface area contributed by atoms with Gasteiger partial charge in [0.1, 0.15) is 17.5 Å². The number of rotatable bonds is 6. The third-order valence-electron chi connectivity index (χ3n) is 3.46. The van der Waals surface area contributed by atoms with E-state index in [-0.39, 0.29) is 74.3 Å². The molecule has 0 aliphatic carbocycles. The van der Waals surface area contributed by atoms with E-state index in [4.69, 9.17) is 0 Å². The van der Waals surface area contributed by atoms with Crippen LogP contribution in [0.3, 0.4) is 0 Å². The number of carboxylic acid groups (broad SMARTS) is 1. The number of nitrogens with zero attached hydrogens (tertiary/aromatic N) is 1. The number of β-lactam (4-membered cyclic amide) rings is 1. The van der Waals surface area contributed by atoms with Crippen molar-refractivity contribution in [2.24, 2.45) is 0 Å². The predicted molar refractivity (Wildman–Crippen MR) is 83.2 cm³/mol. The molecule has 0 saturated carbocycles. The van der Waals surface area contributed by atoms with Gasteiger partial charge in [0, 0.05) is 10.5 Å². The molecule has 2 amide bonds. The van der Waals surface area contributed by atoms with Crippen LogP contribution in [-0.2, 0) is 14.4 Å². The zero-order chi connectivity index (χ0) is 15.8. The quantitative estimate of drug-likeness (QED) is 0.234. The summed E-state index contributed by atoms with van der Waals surface area (Å²) in [7, 11) is 0. The molecule has 2 fully saturated rings. The number of hydrogen-bond acceptors (Lipinski definition) is 5.